The number of hydrogen-bond donors (Lipinski definition) is 1. The molecule has 29 heavy (non-hydrogen) atoms. The number of rotatable bonds is 5. The molecule has 1 aliphatic rings. The van der Waals surface area contributed by atoms with E-state index in [1.165, 1.54) is 5.01 Å². The predicted octanol–water partition coefficient (Wildman–Crippen LogP) is 3.54. The van der Waals surface area contributed by atoms with Crippen LogP contribution in [0.5, 0.6) is 0 Å². The number of thioether (sulfide) groups is 1. The maximum atomic E-state index is 13.0. The van der Waals surface area contributed by atoms with Crippen LogP contribution < -0.4 is 5.69 Å². The molecule has 0 bridgehead atoms. The maximum Gasteiger partial charge on any atom is 0.346 e. The zero-order chi connectivity index (χ0) is 20.4. The highest BCUT2D eigenvalue weighted by molar-refractivity contribution is 8.00. The summed E-state index contributed by atoms with van der Waals surface area (Å²) in [5, 5.41) is 19.7. The lowest BCUT2D eigenvalue weighted by Gasteiger charge is -2.20. The molecule has 0 spiro atoms. The monoisotopic (exact) mass is 441 g/mol. The number of aryl methyl sites for hydroxylation is 1. The Kier molecular flexibility index (Phi) is 5.62. The zero-order valence-electron chi connectivity index (χ0n) is 15.3. The van der Waals surface area contributed by atoms with Crippen molar-refractivity contribution in [1.82, 2.24) is 15.0 Å². The van der Waals surface area contributed by atoms with Crippen molar-refractivity contribution in [3.8, 4) is 6.07 Å². The van der Waals surface area contributed by atoms with Gasteiger partial charge in [-0.3, -0.25) is 4.79 Å². The van der Waals surface area contributed by atoms with E-state index in [0.717, 1.165) is 27.2 Å². The normalized spacial score (nSPS) is 15.9. The van der Waals surface area contributed by atoms with Crippen LogP contribution in [0.15, 0.2) is 49.9 Å². The molecular formula is C19H15N5O2S3. The summed E-state index contributed by atoms with van der Waals surface area (Å²) in [5.74, 6) is -0.156. The Morgan fingerprint density at radius 2 is 2.17 bits per heavy atom. The van der Waals surface area contributed by atoms with Crippen molar-refractivity contribution in [2.75, 3.05) is 5.75 Å². The van der Waals surface area contributed by atoms with Crippen LogP contribution in [0.3, 0.4) is 0 Å². The smallest absolute Gasteiger partial charge is 0.309 e. The first-order chi connectivity index (χ1) is 14.1. The van der Waals surface area contributed by atoms with Crippen molar-refractivity contribution in [2.45, 2.75) is 24.4 Å². The average Bonchev–Trinajstić information content (AvgIpc) is 3.46. The third kappa shape index (κ3) is 4.03. The molecule has 4 rings (SSSR count). The van der Waals surface area contributed by atoms with Gasteiger partial charge in [0.15, 0.2) is 0 Å². The van der Waals surface area contributed by atoms with Crippen LogP contribution in [-0.4, -0.2) is 32.3 Å². The summed E-state index contributed by atoms with van der Waals surface area (Å²) in [6, 6.07) is 9.82. The van der Waals surface area contributed by atoms with Crippen LogP contribution in [0.25, 0.3) is 0 Å². The van der Waals surface area contributed by atoms with Crippen molar-refractivity contribution in [1.29, 1.82) is 5.26 Å². The highest BCUT2D eigenvalue weighted by Crippen LogP contribution is 2.36. The number of nitriles is 1. The summed E-state index contributed by atoms with van der Waals surface area (Å²) >= 11 is 4.28. The lowest BCUT2D eigenvalue weighted by atomic mass is 10.1. The van der Waals surface area contributed by atoms with Gasteiger partial charge >= 0.3 is 5.69 Å². The van der Waals surface area contributed by atoms with Gasteiger partial charge in [0.2, 0.25) is 0 Å². The third-order valence-electron chi connectivity index (χ3n) is 4.37. The number of carbonyl (C=O) groups excluding carboxylic acids is 1. The van der Waals surface area contributed by atoms with Crippen LogP contribution in [0, 0.1) is 18.3 Å². The second kappa shape index (κ2) is 8.32. The molecule has 10 heteroatoms. The second-order valence-electron chi connectivity index (χ2n) is 6.25. The van der Waals surface area contributed by atoms with E-state index in [-0.39, 0.29) is 28.3 Å². The number of H-pyrrole nitrogens is 1. The van der Waals surface area contributed by atoms with Crippen molar-refractivity contribution in [2.24, 2.45) is 5.10 Å². The van der Waals surface area contributed by atoms with Crippen LogP contribution in [0.1, 0.15) is 33.5 Å². The van der Waals surface area contributed by atoms with Gasteiger partial charge in [-0.05, 0) is 29.8 Å². The Morgan fingerprint density at radius 1 is 1.38 bits per heavy atom. The largest absolute Gasteiger partial charge is 0.346 e. The number of nitrogens with one attached hydrogen (secondary N) is 1. The molecule has 3 aromatic heterocycles. The van der Waals surface area contributed by atoms with Crippen molar-refractivity contribution in [3.05, 3.63) is 66.5 Å². The van der Waals surface area contributed by atoms with Crippen LogP contribution in [-0.2, 0) is 4.79 Å². The molecule has 1 atom stereocenters. The van der Waals surface area contributed by atoms with Crippen molar-refractivity contribution in [3.63, 3.8) is 0 Å². The summed E-state index contributed by atoms with van der Waals surface area (Å²) in [6.07, 6.45) is 0.656. The fourth-order valence-corrected chi connectivity index (χ4v) is 5.44. The van der Waals surface area contributed by atoms with Gasteiger partial charge in [-0.1, -0.05) is 23.9 Å². The summed E-state index contributed by atoms with van der Waals surface area (Å²) in [4.78, 5) is 33.2. The molecule has 1 aliphatic heterocycles. The molecule has 7 nitrogen and oxygen atoms in total. The summed E-state index contributed by atoms with van der Waals surface area (Å²) in [7, 11) is 0. The molecule has 1 amide bonds. The Bertz CT molecular complexity index is 1160. The molecule has 0 radical (unpaired) electrons. The van der Waals surface area contributed by atoms with Crippen molar-refractivity contribution >= 4 is 46.1 Å². The van der Waals surface area contributed by atoms with E-state index in [9.17, 15) is 14.9 Å². The minimum atomic E-state index is -0.535. The van der Waals surface area contributed by atoms with Gasteiger partial charge in [0, 0.05) is 17.0 Å². The first kappa shape index (κ1) is 19.6. The lowest BCUT2D eigenvalue weighted by Crippen LogP contribution is -2.28. The van der Waals surface area contributed by atoms with E-state index >= 15 is 0 Å². The van der Waals surface area contributed by atoms with Crippen LogP contribution in [0.4, 0.5) is 0 Å². The number of nitrogens with zero attached hydrogens (tertiary/aromatic N) is 4. The number of thiophene rings is 2. The average molecular weight is 442 g/mol. The third-order valence-corrected chi connectivity index (χ3v) is 7.23. The number of hydrogen-bond acceptors (Lipinski definition) is 8. The van der Waals surface area contributed by atoms with Gasteiger partial charge < -0.3 is 4.98 Å². The Balaban J connectivity index is 1.58. The van der Waals surface area contributed by atoms with Gasteiger partial charge in [0.05, 0.1) is 22.4 Å². The second-order valence-corrected chi connectivity index (χ2v) is 9.14. The molecule has 0 saturated heterocycles. The molecule has 1 N–H and O–H groups in total. The van der Waals surface area contributed by atoms with Gasteiger partial charge in [-0.25, -0.2) is 9.80 Å². The number of amides is 1. The van der Waals surface area contributed by atoms with Crippen molar-refractivity contribution < 1.29 is 4.79 Å². The fraction of sp³-hybridized carbons (Fsp3) is 0.211. The molecule has 0 saturated carbocycles. The van der Waals surface area contributed by atoms with Gasteiger partial charge in [-0.2, -0.15) is 15.3 Å². The van der Waals surface area contributed by atoms with E-state index in [0.29, 0.717) is 12.1 Å². The topological polar surface area (TPSA) is 102 Å². The number of hydrazone groups is 1. The van der Waals surface area contributed by atoms with E-state index in [2.05, 4.69) is 15.1 Å². The Morgan fingerprint density at radius 3 is 2.86 bits per heavy atom. The molecular weight excluding hydrogens is 426 g/mol. The first-order valence-corrected chi connectivity index (χ1v) is 11.4. The summed E-state index contributed by atoms with van der Waals surface area (Å²) in [5.41, 5.74) is 1.08. The van der Waals surface area contributed by atoms with Gasteiger partial charge in [-0.15, -0.1) is 22.7 Å². The Labute approximate surface area is 178 Å². The number of aromatic amines is 1. The van der Waals surface area contributed by atoms with Crippen LogP contribution >= 0.6 is 34.4 Å². The van der Waals surface area contributed by atoms with Crippen LogP contribution in [0.2, 0.25) is 0 Å². The molecule has 0 aromatic carbocycles. The lowest BCUT2D eigenvalue weighted by molar-refractivity contribution is -0.130. The highest BCUT2D eigenvalue weighted by atomic mass is 32.2. The Hall–Kier alpha value is -2.74. The molecule has 4 heterocycles. The predicted molar refractivity (Wildman–Crippen MR) is 114 cm³/mol. The van der Waals surface area contributed by atoms with Gasteiger partial charge in [0.1, 0.15) is 16.7 Å². The van der Waals surface area contributed by atoms with E-state index in [1.807, 2.05) is 41.1 Å². The summed E-state index contributed by atoms with van der Waals surface area (Å²) < 4.78 is 0. The molecule has 0 aliphatic carbocycles. The van der Waals surface area contributed by atoms with E-state index in [4.69, 9.17) is 0 Å². The first-order valence-electron chi connectivity index (χ1n) is 8.67. The quantitative estimate of drug-likeness (QED) is 0.482. The number of carbonyl (C=O) groups is 1. The highest BCUT2D eigenvalue weighted by Gasteiger charge is 2.34. The number of aromatic nitrogens is 2. The van der Waals surface area contributed by atoms with E-state index < -0.39 is 5.69 Å². The minimum Gasteiger partial charge on any atom is -0.309 e. The molecule has 3 aromatic rings. The molecule has 1 unspecified atom stereocenters. The van der Waals surface area contributed by atoms with E-state index in [1.54, 1.807) is 29.6 Å². The minimum absolute atomic E-state index is 0.0354. The van der Waals surface area contributed by atoms with Gasteiger partial charge in [0.25, 0.3) is 5.91 Å². The molecule has 0 fully saturated rings. The molecule has 146 valence electrons. The summed E-state index contributed by atoms with van der Waals surface area (Å²) in [6.45, 7) is 1.64. The zero-order valence-corrected chi connectivity index (χ0v) is 17.7. The standard InChI is InChI=1S/C19H15N5O2S3/c1-11-12(9-20)18(22-19(26)21-11)29-10-17(25)24-14(16-5-3-7-28-16)8-13(23-24)15-4-2-6-27-15/h2-7,14H,8,10H2,1H3,(H,21,22,26). The maximum absolute atomic E-state index is 13.0. The SMILES string of the molecule is Cc1[nH]c(=O)nc(SCC(=O)N2N=C(c3cccs3)CC2c2cccs2)c1C#N. The fourth-order valence-electron chi connectivity index (χ4n) is 3.03.